The van der Waals surface area contributed by atoms with Gasteiger partial charge in [0.15, 0.2) is 0 Å². The molecular weight excluding hydrogens is 395 g/mol. The minimum Gasteiger partial charge on any atom is -0.356 e. The van der Waals surface area contributed by atoms with Crippen LogP contribution in [0, 0.1) is 12.7 Å². The Morgan fingerprint density at radius 1 is 1.34 bits per heavy atom. The predicted octanol–water partition coefficient (Wildman–Crippen LogP) is 2.23. The van der Waals surface area contributed by atoms with Crippen molar-refractivity contribution in [3.05, 3.63) is 64.2 Å². The fourth-order valence-electron chi connectivity index (χ4n) is 3.38. The molecule has 0 aliphatic carbocycles. The van der Waals surface area contributed by atoms with Crippen molar-refractivity contribution in [2.45, 2.75) is 32.4 Å². The molecule has 1 aliphatic heterocycles. The van der Waals surface area contributed by atoms with Gasteiger partial charge < -0.3 is 10.6 Å². The van der Waals surface area contributed by atoms with E-state index in [4.69, 9.17) is 11.6 Å². The Morgan fingerprint density at radius 2 is 2.14 bits per heavy atom. The zero-order chi connectivity index (χ0) is 20.8. The number of hydrogen-bond acceptors (Lipinski definition) is 4. The van der Waals surface area contributed by atoms with E-state index < -0.39 is 11.9 Å². The van der Waals surface area contributed by atoms with E-state index in [1.165, 1.54) is 12.1 Å². The molecule has 1 aliphatic rings. The Morgan fingerprint density at radius 3 is 2.90 bits per heavy atom. The van der Waals surface area contributed by atoms with Crippen LogP contribution in [0.3, 0.4) is 0 Å². The average Bonchev–Trinajstić information content (AvgIpc) is 2.67. The van der Waals surface area contributed by atoms with Crippen LogP contribution >= 0.6 is 11.6 Å². The summed E-state index contributed by atoms with van der Waals surface area (Å²) in [5.74, 6) is -0.888. The number of piperazine rings is 1. The van der Waals surface area contributed by atoms with E-state index in [0.29, 0.717) is 36.6 Å². The van der Waals surface area contributed by atoms with Gasteiger partial charge in [0.05, 0.1) is 12.5 Å². The Balaban J connectivity index is 1.58. The normalized spacial score (nSPS) is 17.1. The van der Waals surface area contributed by atoms with Crippen LogP contribution < -0.4 is 10.6 Å². The number of nitrogens with zero attached hydrogens (tertiary/aromatic N) is 2. The molecule has 3 rings (SSSR count). The second-order valence-corrected chi connectivity index (χ2v) is 7.46. The fourth-order valence-corrected chi connectivity index (χ4v) is 3.60. The van der Waals surface area contributed by atoms with E-state index in [9.17, 15) is 14.0 Å². The molecule has 6 nitrogen and oxygen atoms in total. The molecule has 8 heteroatoms. The first-order valence-electron chi connectivity index (χ1n) is 9.58. The van der Waals surface area contributed by atoms with Gasteiger partial charge in [0.25, 0.3) is 0 Å². The zero-order valence-corrected chi connectivity index (χ0v) is 17.0. The van der Waals surface area contributed by atoms with Gasteiger partial charge in [0.1, 0.15) is 5.82 Å². The molecule has 1 saturated heterocycles. The molecule has 2 N–H and O–H groups in total. The van der Waals surface area contributed by atoms with Gasteiger partial charge in [-0.2, -0.15) is 0 Å². The number of benzene rings is 1. The van der Waals surface area contributed by atoms with Crippen LogP contribution in [0.1, 0.15) is 23.4 Å². The first-order chi connectivity index (χ1) is 13.9. The van der Waals surface area contributed by atoms with Gasteiger partial charge >= 0.3 is 0 Å². The van der Waals surface area contributed by atoms with E-state index in [-0.39, 0.29) is 24.8 Å². The van der Waals surface area contributed by atoms with Crippen LogP contribution in [0.2, 0.25) is 5.02 Å². The molecule has 29 heavy (non-hydrogen) atoms. The highest BCUT2D eigenvalue weighted by Crippen LogP contribution is 2.23. The van der Waals surface area contributed by atoms with Crippen molar-refractivity contribution in [2.75, 3.05) is 19.6 Å². The summed E-state index contributed by atoms with van der Waals surface area (Å²) in [6.45, 7) is 3.48. The predicted molar refractivity (Wildman–Crippen MR) is 109 cm³/mol. The zero-order valence-electron chi connectivity index (χ0n) is 16.3. The molecule has 0 radical (unpaired) electrons. The molecule has 0 saturated carbocycles. The maximum atomic E-state index is 14.2. The number of nitrogens with one attached hydrogen (secondary N) is 2. The molecule has 1 fully saturated rings. The maximum absolute atomic E-state index is 14.2. The van der Waals surface area contributed by atoms with Crippen LogP contribution in [-0.4, -0.2) is 47.4 Å². The number of carbonyl (C=O) groups is 2. The number of carbonyl (C=O) groups excluding carboxylic acids is 2. The highest BCUT2D eigenvalue weighted by atomic mass is 35.5. The average molecular weight is 419 g/mol. The lowest BCUT2D eigenvalue weighted by atomic mass is 10.1. The van der Waals surface area contributed by atoms with Crippen molar-refractivity contribution in [1.29, 1.82) is 0 Å². The van der Waals surface area contributed by atoms with E-state index in [1.54, 1.807) is 11.0 Å². The summed E-state index contributed by atoms with van der Waals surface area (Å²) in [4.78, 5) is 31.0. The van der Waals surface area contributed by atoms with Gasteiger partial charge in [0, 0.05) is 54.6 Å². The SMILES string of the molecule is Cc1cccc(CCNC(=O)CC2C(=O)NCCN2Cc2c(F)cccc2Cl)n1. The summed E-state index contributed by atoms with van der Waals surface area (Å²) in [6.07, 6.45) is 0.609. The summed E-state index contributed by atoms with van der Waals surface area (Å²) in [7, 11) is 0. The van der Waals surface area contributed by atoms with E-state index in [2.05, 4.69) is 15.6 Å². The molecule has 1 aromatic heterocycles. The maximum Gasteiger partial charge on any atom is 0.237 e. The molecule has 1 aromatic carbocycles. The Labute approximate surface area is 174 Å². The monoisotopic (exact) mass is 418 g/mol. The molecular formula is C21H24ClFN4O2. The molecule has 0 spiro atoms. The highest BCUT2D eigenvalue weighted by molar-refractivity contribution is 6.31. The summed E-state index contributed by atoms with van der Waals surface area (Å²) < 4.78 is 14.2. The first-order valence-corrected chi connectivity index (χ1v) is 9.95. The third-order valence-electron chi connectivity index (χ3n) is 4.89. The lowest BCUT2D eigenvalue weighted by Crippen LogP contribution is -2.56. The Bertz CT molecular complexity index is 872. The highest BCUT2D eigenvalue weighted by Gasteiger charge is 2.32. The molecule has 2 amide bonds. The third kappa shape index (κ3) is 5.74. The fraction of sp³-hybridized carbons (Fsp3) is 0.381. The first kappa shape index (κ1) is 21.2. The van der Waals surface area contributed by atoms with Gasteiger partial charge in [-0.25, -0.2) is 4.39 Å². The largest absolute Gasteiger partial charge is 0.356 e. The standard InChI is InChI=1S/C21H24ClFN4O2/c1-14-4-2-5-15(26-14)8-9-24-20(28)12-19-21(29)25-10-11-27(19)13-16-17(22)6-3-7-18(16)23/h2-7,19H,8-13H2,1H3,(H,24,28)(H,25,29). The lowest BCUT2D eigenvalue weighted by molar-refractivity contribution is -0.134. The van der Waals surface area contributed by atoms with Crippen molar-refractivity contribution in [3.63, 3.8) is 0 Å². The molecule has 0 bridgehead atoms. The Kier molecular flexibility index (Phi) is 7.17. The number of halogens is 2. The molecule has 2 heterocycles. The van der Waals surface area contributed by atoms with Crippen LogP contribution in [0.15, 0.2) is 36.4 Å². The minimum atomic E-state index is -0.670. The van der Waals surface area contributed by atoms with Crippen LogP contribution in [0.5, 0.6) is 0 Å². The number of aryl methyl sites for hydroxylation is 1. The van der Waals surface area contributed by atoms with Gasteiger partial charge in [0.2, 0.25) is 11.8 Å². The summed E-state index contributed by atoms with van der Waals surface area (Å²) in [5, 5.41) is 5.92. The van der Waals surface area contributed by atoms with Gasteiger partial charge in [-0.1, -0.05) is 23.7 Å². The Hall–Kier alpha value is -2.51. The molecule has 1 unspecified atom stereocenters. The number of rotatable bonds is 7. The summed E-state index contributed by atoms with van der Waals surface area (Å²) in [6, 6.07) is 9.58. The second-order valence-electron chi connectivity index (χ2n) is 7.05. The van der Waals surface area contributed by atoms with Gasteiger partial charge in [-0.05, 0) is 31.2 Å². The van der Waals surface area contributed by atoms with E-state index in [0.717, 1.165) is 11.4 Å². The van der Waals surface area contributed by atoms with Gasteiger partial charge in [-0.15, -0.1) is 0 Å². The van der Waals surface area contributed by atoms with Crippen molar-refractivity contribution < 1.29 is 14.0 Å². The van der Waals surface area contributed by atoms with Crippen LogP contribution in [0.25, 0.3) is 0 Å². The number of aromatic nitrogens is 1. The summed E-state index contributed by atoms with van der Waals surface area (Å²) >= 11 is 6.12. The van der Waals surface area contributed by atoms with Gasteiger partial charge in [-0.3, -0.25) is 19.5 Å². The van der Waals surface area contributed by atoms with E-state index >= 15 is 0 Å². The topological polar surface area (TPSA) is 74.3 Å². The number of pyridine rings is 1. The van der Waals surface area contributed by atoms with Crippen molar-refractivity contribution >= 4 is 23.4 Å². The van der Waals surface area contributed by atoms with Crippen molar-refractivity contribution in [1.82, 2.24) is 20.5 Å². The lowest BCUT2D eigenvalue weighted by Gasteiger charge is -2.35. The molecule has 154 valence electrons. The third-order valence-corrected chi connectivity index (χ3v) is 5.25. The molecule has 1 atom stereocenters. The summed E-state index contributed by atoms with van der Waals surface area (Å²) in [5.41, 5.74) is 2.16. The van der Waals surface area contributed by atoms with Crippen LogP contribution in [-0.2, 0) is 22.6 Å². The molecule has 2 aromatic rings. The van der Waals surface area contributed by atoms with E-state index in [1.807, 2.05) is 25.1 Å². The minimum absolute atomic E-state index is 0.000842. The quantitative estimate of drug-likeness (QED) is 0.723. The number of hydrogen-bond donors (Lipinski definition) is 2. The van der Waals surface area contributed by atoms with Crippen molar-refractivity contribution in [3.8, 4) is 0 Å². The van der Waals surface area contributed by atoms with Crippen molar-refractivity contribution in [2.24, 2.45) is 0 Å². The smallest absolute Gasteiger partial charge is 0.237 e. The van der Waals surface area contributed by atoms with Crippen LogP contribution in [0.4, 0.5) is 4.39 Å². The second kappa shape index (κ2) is 9.80. The number of amides is 2.